The van der Waals surface area contributed by atoms with Crippen LogP contribution in [0.3, 0.4) is 0 Å². The molecule has 0 aliphatic heterocycles. The van der Waals surface area contributed by atoms with Crippen LogP contribution in [0.4, 0.5) is 5.69 Å². The maximum atomic E-state index is 11.8. The van der Waals surface area contributed by atoms with Crippen molar-refractivity contribution in [3.63, 3.8) is 0 Å². The third-order valence-corrected chi connectivity index (χ3v) is 2.51. The molecular weight excluding hydrogens is 188 g/mol. The van der Waals surface area contributed by atoms with Gasteiger partial charge in [0.25, 0.3) is 0 Å². The van der Waals surface area contributed by atoms with Crippen LogP contribution in [-0.2, 0) is 4.79 Å². The number of nitrogens with zero attached hydrogens (tertiary/aromatic N) is 1. The molecule has 3 heteroatoms. The number of hydrogen-bond donors (Lipinski definition) is 1. The van der Waals surface area contributed by atoms with Gasteiger partial charge in [0.05, 0.1) is 6.04 Å². The average Bonchev–Trinajstić information content (AvgIpc) is 2.27. The summed E-state index contributed by atoms with van der Waals surface area (Å²) in [7, 11) is 1.75. The highest BCUT2D eigenvalue weighted by atomic mass is 16.2. The van der Waals surface area contributed by atoms with E-state index in [9.17, 15) is 4.79 Å². The monoisotopic (exact) mass is 206 g/mol. The summed E-state index contributed by atoms with van der Waals surface area (Å²) in [6, 6.07) is 7.41. The molecule has 0 aromatic heterocycles. The Labute approximate surface area is 90.9 Å². The van der Waals surface area contributed by atoms with E-state index in [1.807, 2.05) is 38.1 Å². The molecule has 1 atom stereocenters. The fourth-order valence-corrected chi connectivity index (χ4v) is 1.32. The van der Waals surface area contributed by atoms with Crippen LogP contribution in [0.5, 0.6) is 0 Å². The molecule has 3 nitrogen and oxygen atoms in total. The van der Waals surface area contributed by atoms with Gasteiger partial charge in [0.15, 0.2) is 0 Å². The topological polar surface area (TPSA) is 46.3 Å². The summed E-state index contributed by atoms with van der Waals surface area (Å²) >= 11 is 0. The molecule has 0 unspecified atom stereocenters. The fourth-order valence-electron chi connectivity index (χ4n) is 1.32. The molecule has 0 saturated carbocycles. The molecule has 1 aromatic carbocycles. The van der Waals surface area contributed by atoms with Crippen LogP contribution in [0, 0.1) is 6.92 Å². The highest BCUT2D eigenvalue weighted by Crippen LogP contribution is 2.14. The molecule has 0 radical (unpaired) electrons. The van der Waals surface area contributed by atoms with Crippen molar-refractivity contribution >= 4 is 11.6 Å². The zero-order valence-electron chi connectivity index (χ0n) is 9.53. The van der Waals surface area contributed by atoms with Crippen molar-refractivity contribution < 1.29 is 4.79 Å². The molecule has 0 bridgehead atoms. The van der Waals surface area contributed by atoms with E-state index in [2.05, 4.69) is 0 Å². The summed E-state index contributed by atoms with van der Waals surface area (Å²) in [5.41, 5.74) is 7.76. The third-order valence-electron chi connectivity index (χ3n) is 2.51. The lowest BCUT2D eigenvalue weighted by Crippen LogP contribution is -2.41. The van der Waals surface area contributed by atoms with Crippen molar-refractivity contribution in [3.05, 3.63) is 29.8 Å². The second-order valence-electron chi connectivity index (χ2n) is 3.75. The van der Waals surface area contributed by atoms with E-state index < -0.39 is 6.04 Å². The molecule has 0 aliphatic carbocycles. The molecule has 82 valence electrons. The molecule has 0 spiro atoms. The Hall–Kier alpha value is -1.35. The molecule has 0 aliphatic rings. The number of amides is 1. The third kappa shape index (κ3) is 2.80. The van der Waals surface area contributed by atoms with Gasteiger partial charge in [-0.25, -0.2) is 0 Å². The summed E-state index contributed by atoms with van der Waals surface area (Å²) < 4.78 is 0. The molecule has 1 amide bonds. The van der Waals surface area contributed by atoms with Gasteiger partial charge < -0.3 is 10.6 Å². The van der Waals surface area contributed by atoms with Crippen molar-refractivity contribution in [2.24, 2.45) is 5.73 Å². The van der Waals surface area contributed by atoms with E-state index in [1.165, 1.54) is 5.56 Å². The van der Waals surface area contributed by atoms with Gasteiger partial charge in [0, 0.05) is 12.7 Å². The van der Waals surface area contributed by atoms with E-state index >= 15 is 0 Å². The predicted molar refractivity (Wildman–Crippen MR) is 62.9 cm³/mol. The van der Waals surface area contributed by atoms with Crippen LogP contribution in [0.1, 0.15) is 18.9 Å². The minimum atomic E-state index is -0.406. The number of aryl methyl sites for hydroxylation is 1. The first-order valence-electron chi connectivity index (χ1n) is 5.16. The van der Waals surface area contributed by atoms with Gasteiger partial charge in [-0.2, -0.15) is 0 Å². The Kier molecular flexibility index (Phi) is 3.86. The van der Waals surface area contributed by atoms with Crippen molar-refractivity contribution in [1.29, 1.82) is 0 Å². The summed E-state index contributed by atoms with van der Waals surface area (Å²) in [5.74, 6) is -0.0404. The maximum Gasteiger partial charge on any atom is 0.243 e. The van der Waals surface area contributed by atoms with Gasteiger partial charge in [-0.1, -0.05) is 24.6 Å². The Morgan fingerprint density at radius 2 is 1.93 bits per heavy atom. The number of carbonyl (C=O) groups is 1. The predicted octanol–water partition coefficient (Wildman–Crippen LogP) is 1.70. The average molecular weight is 206 g/mol. The zero-order chi connectivity index (χ0) is 11.4. The summed E-state index contributed by atoms with van der Waals surface area (Å²) in [4.78, 5) is 13.4. The largest absolute Gasteiger partial charge is 0.320 e. The first-order chi connectivity index (χ1) is 7.06. The van der Waals surface area contributed by atoms with Gasteiger partial charge in [-0.15, -0.1) is 0 Å². The van der Waals surface area contributed by atoms with E-state index in [4.69, 9.17) is 5.73 Å². The zero-order valence-corrected chi connectivity index (χ0v) is 9.53. The Morgan fingerprint density at radius 3 is 2.40 bits per heavy atom. The van der Waals surface area contributed by atoms with Crippen molar-refractivity contribution in [3.8, 4) is 0 Å². The number of anilines is 1. The highest BCUT2D eigenvalue weighted by molar-refractivity contribution is 5.96. The van der Waals surface area contributed by atoms with Crippen LogP contribution in [0.25, 0.3) is 0 Å². The lowest BCUT2D eigenvalue weighted by Gasteiger charge is -2.20. The lowest BCUT2D eigenvalue weighted by atomic mass is 10.2. The molecular formula is C12H18N2O. The molecule has 0 heterocycles. The van der Waals surface area contributed by atoms with Crippen LogP contribution in [0.2, 0.25) is 0 Å². The molecule has 0 fully saturated rings. The van der Waals surface area contributed by atoms with E-state index in [0.29, 0.717) is 6.42 Å². The second-order valence-corrected chi connectivity index (χ2v) is 3.75. The van der Waals surface area contributed by atoms with E-state index in [-0.39, 0.29) is 5.91 Å². The summed E-state index contributed by atoms with van der Waals surface area (Å²) in [6.07, 6.45) is 0.662. The number of benzene rings is 1. The smallest absolute Gasteiger partial charge is 0.243 e. The molecule has 1 aromatic rings. The fraction of sp³-hybridized carbons (Fsp3) is 0.417. The van der Waals surface area contributed by atoms with E-state index in [0.717, 1.165) is 5.69 Å². The first kappa shape index (κ1) is 11.7. The van der Waals surface area contributed by atoms with Gasteiger partial charge in [-0.05, 0) is 25.5 Å². The Morgan fingerprint density at radius 1 is 1.40 bits per heavy atom. The minimum Gasteiger partial charge on any atom is -0.320 e. The standard InChI is InChI=1S/C12H18N2O/c1-4-11(13)12(15)14(3)10-7-5-9(2)6-8-10/h5-8,11H,4,13H2,1-3H3/t11-/m0/s1. The molecule has 1 rings (SSSR count). The lowest BCUT2D eigenvalue weighted by molar-refractivity contribution is -0.119. The van der Waals surface area contributed by atoms with Gasteiger partial charge in [0.2, 0.25) is 5.91 Å². The molecule has 0 saturated heterocycles. The maximum absolute atomic E-state index is 11.8. The summed E-state index contributed by atoms with van der Waals surface area (Å²) in [6.45, 7) is 3.93. The van der Waals surface area contributed by atoms with Gasteiger partial charge >= 0.3 is 0 Å². The van der Waals surface area contributed by atoms with Crippen LogP contribution < -0.4 is 10.6 Å². The Bertz CT molecular complexity index is 332. The van der Waals surface area contributed by atoms with Crippen molar-refractivity contribution in [2.45, 2.75) is 26.3 Å². The second kappa shape index (κ2) is 4.94. The van der Waals surface area contributed by atoms with Crippen LogP contribution in [0.15, 0.2) is 24.3 Å². The number of rotatable bonds is 3. The normalized spacial score (nSPS) is 12.3. The van der Waals surface area contributed by atoms with Crippen LogP contribution >= 0.6 is 0 Å². The quantitative estimate of drug-likeness (QED) is 0.818. The number of hydrogen-bond acceptors (Lipinski definition) is 2. The van der Waals surface area contributed by atoms with Crippen LogP contribution in [-0.4, -0.2) is 19.0 Å². The highest BCUT2D eigenvalue weighted by Gasteiger charge is 2.16. The number of nitrogens with two attached hydrogens (primary N) is 1. The van der Waals surface area contributed by atoms with E-state index in [1.54, 1.807) is 11.9 Å². The summed E-state index contributed by atoms with van der Waals surface area (Å²) in [5, 5.41) is 0. The first-order valence-corrected chi connectivity index (χ1v) is 5.16. The molecule has 2 N–H and O–H groups in total. The molecule has 15 heavy (non-hydrogen) atoms. The number of likely N-dealkylation sites (N-methyl/N-ethyl adjacent to an activating group) is 1. The SMILES string of the molecule is CC[C@H](N)C(=O)N(C)c1ccc(C)cc1. The number of carbonyl (C=O) groups excluding carboxylic acids is 1. The Balaban J connectivity index is 2.80. The van der Waals surface area contributed by atoms with Gasteiger partial charge in [-0.3, -0.25) is 4.79 Å². The minimum absolute atomic E-state index is 0.0404. The van der Waals surface area contributed by atoms with Crippen molar-refractivity contribution in [2.75, 3.05) is 11.9 Å². The van der Waals surface area contributed by atoms with Crippen molar-refractivity contribution in [1.82, 2.24) is 0 Å². The van der Waals surface area contributed by atoms with Gasteiger partial charge in [0.1, 0.15) is 0 Å².